The number of hydrogen-bond acceptors (Lipinski definition) is 5. The SMILES string of the molecule is CC(C)(c1cccc(-c2[c-]cc(F)nc2F)n1)c1ncn(-c2[c-]ccc(C#N)c2)n1.[Pt+2]. The van der Waals surface area contributed by atoms with Gasteiger partial charge in [0.05, 0.1) is 11.5 Å². The maximum Gasteiger partial charge on any atom is 2.00 e. The van der Waals surface area contributed by atoms with Gasteiger partial charge in [0.25, 0.3) is 0 Å². The van der Waals surface area contributed by atoms with Gasteiger partial charge in [-0.3, -0.25) is 4.98 Å². The Hall–Kier alpha value is -3.30. The van der Waals surface area contributed by atoms with Crippen LogP contribution in [0.2, 0.25) is 0 Å². The van der Waals surface area contributed by atoms with E-state index in [0.29, 0.717) is 22.8 Å². The van der Waals surface area contributed by atoms with Crippen LogP contribution in [-0.4, -0.2) is 24.7 Å². The fraction of sp³-hybridized carbons (Fsp3) is 0.136. The third kappa shape index (κ3) is 4.42. The van der Waals surface area contributed by atoms with Crippen LogP contribution in [0.3, 0.4) is 0 Å². The van der Waals surface area contributed by atoms with Gasteiger partial charge >= 0.3 is 21.1 Å². The van der Waals surface area contributed by atoms with E-state index in [1.54, 1.807) is 36.4 Å². The second-order valence-corrected chi connectivity index (χ2v) is 7.01. The Morgan fingerprint density at radius 2 is 1.94 bits per heavy atom. The minimum atomic E-state index is -0.979. The number of hydrogen-bond donors (Lipinski definition) is 0. The zero-order chi connectivity index (χ0) is 21.3. The molecule has 0 saturated carbocycles. The van der Waals surface area contributed by atoms with Gasteiger partial charge in [-0.2, -0.15) is 28.6 Å². The van der Waals surface area contributed by atoms with E-state index in [1.165, 1.54) is 11.0 Å². The molecule has 0 spiro atoms. The monoisotopic (exact) mass is 595 g/mol. The third-order valence-corrected chi connectivity index (χ3v) is 4.61. The zero-order valence-electron chi connectivity index (χ0n) is 16.4. The Morgan fingerprint density at radius 1 is 1.13 bits per heavy atom. The van der Waals surface area contributed by atoms with Crippen molar-refractivity contribution in [3.05, 3.63) is 89.9 Å². The van der Waals surface area contributed by atoms with E-state index < -0.39 is 17.3 Å². The molecule has 6 nitrogen and oxygen atoms in total. The first-order valence-electron chi connectivity index (χ1n) is 8.94. The molecule has 31 heavy (non-hydrogen) atoms. The summed E-state index contributed by atoms with van der Waals surface area (Å²) >= 11 is 0. The second kappa shape index (κ2) is 8.82. The quantitative estimate of drug-likeness (QED) is 0.265. The predicted molar refractivity (Wildman–Crippen MR) is 103 cm³/mol. The Kier molecular flexibility index (Phi) is 6.37. The van der Waals surface area contributed by atoms with Crippen LogP contribution < -0.4 is 0 Å². The normalized spacial score (nSPS) is 10.9. The van der Waals surface area contributed by atoms with Crippen LogP contribution in [0.4, 0.5) is 8.78 Å². The van der Waals surface area contributed by atoms with Crippen LogP contribution in [0.15, 0.2) is 48.8 Å². The molecule has 0 aliphatic heterocycles. The molecule has 1 aromatic carbocycles. The fourth-order valence-corrected chi connectivity index (χ4v) is 2.91. The van der Waals surface area contributed by atoms with Crippen molar-refractivity contribution in [2.45, 2.75) is 19.3 Å². The molecule has 0 amide bonds. The summed E-state index contributed by atoms with van der Waals surface area (Å²) in [5, 5.41) is 13.6. The molecule has 4 aromatic rings. The Balaban J connectivity index is 0.00000272. The molecule has 0 aliphatic carbocycles. The summed E-state index contributed by atoms with van der Waals surface area (Å²) in [5.41, 5.74) is 1.19. The number of rotatable bonds is 4. The third-order valence-electron chi connectivity index (χ3n) is 4.61. The summed E-state index contributed by atoms with van der Waals surface area (Å²) < 4.78 is 28.7. The van der Waals surface area contributed by atoms with E-state index in [9.17, 15) is 8.78 Å². The maximum absolute atomic E-state index is 14.1. The van der Waals surface area contributed by atoms with Gasteiger partial charge in [0.1, 0.15) is 18.2 Å². The molecule has 0 N–H and O–H groups in total. The smallest absolute Gasteiger partial charge is 0.300 e. The standard InChI is InChI=1S/C22H14F2N6.Pt/c1-22(2,21-26-13-30(29-21)15-6-3-5-14(11-15)12-25)18-8-4-7-17(27-18)16-9-10-19(23)28-20(16)24;/h3-5,7-8,10-11,13H,1-2H3;/q-2;+2. The van der Waals surface area contributed by atoms with Gasteiger partial charge in [-0.25, -0.2) is 18.4 Å². The first-order chi connectivity index (χ1) is 14.4. The number of pyridine rings is 2. The summed E-state index contributed by atoms with van der Waals surface area (Å²) in [5.74, 6) is -1.45. The summed E-state index contributed by atoms with van der Waals surface area (Å²) in [6.45, 7) is 3.77. The second-order valence-electron chi connectivity index (χ2n) is 7.01. The molecule has 0 bridgehead atoms. The molecule has 0 unspecified atom stereocenters. The van der Waals surface area contributed by atoms with Crippen molar-refractivity contribution >= 4 is 0 Å². The van der Waals surface area contributed by atoms with E-state index in [4.69, 9.17) is 5.26 Å². The van der Waals surface area contributed by atoms with E-state index in [-0.39, 0.29) is 32.3 Å². The summed E-state index contributed by atoms with van der Waals surface area (Å²) in [4.78, 5) is 12.1. The fourth-order valence-electron chi connectivity index (χ4n) is 2.91. The van der Waals surface area contributed by atoms with E-state index in [2.05, 4.69) is 38.3 Å². The molecular formula is C22H14F2N6Pt. The largest absolute Gasteiger partial charge is 2.00 e. The number of aromatic nitrogens is 5. The van der Waals surface area contributed by atoms with E-state index in [1.807, 2.05) is 13.8 Å². The first kappa shape index (κ1) is 22.4. The summed E-state index contributed by atoms with van der Waals surface area (Å²) in [6, 6.07) is 18.6. The van der Waals surface area contributed by atoms with Crippen molar-refractivity contribution in [1.29, 1.82) is 5.26 Å². The van der Waals surface area contributed by atoms with E-state index in [0.717, 1.165) is 6.07 Å². The topological polar surface area (TPSA) is 80.3 Å². The molecule has 9 heteroatoms. The van der Waals surface area contributed by atoms with Gasteiger partial charge in [0.15, 0.2) is 5.82 Å². The van der Waals surface area contributed by atoms with Crippen LogP contribution in [0.25, 0.3) is 16.9 Å². The summed E-state index contributed by atoms with van der Waals surface area (Å²) in [6.07, 6.45) is 1.53. The molecule has 0 radical (unpaired) electrons. The van der Waals surface area contributed by atoms with E-state index >= 15 is 0 Å². The van der Waals surface area contributed by atoms with Gasteiger partial charge in [-0.05, 0) is 31.3 Å². The minimum Gasteiger partial charge on any atom is -0.300 e. The van der Waals surface area contributed by atoms with Gasteiger partial charge in [0.2, 0.25) is 0 Å². The van der Waals surface area contributed by atoms with Crippen LogP contribution in [-0.2, 0) is 26.5 Å². The first-order valence-corrected chi connectivity index (χ1v) is 8.94. The van der Waals surface area contributed by atoms with Crippen molar-refractivity contribution in [1.82, 2.24) is 24.7 Å². The molecule has 0 atom stereocenters. The molecule has 0 aliphatic rings. The van der Waals surface area contributed by atoms with Gasteiger partial charge in [-0.15, -0.1) is 12.1 Å². The molecule has 3 aromatic heterocycles. The molecule has 3 heterocycles. The van der Waals surface area contributed by atoms with Gasteiger partial charge < -0.3 is 4.98 Å². The number of benzene rings is 1. The molecule has 156 valence electrons. The van der Waals surface area contributed by atoms with Crippen molar-refractivity contribution in [2.75, 3.05) is 0 Å². The van der Waals surface area contributed by atoms with Crippen molar-refractivity contribution < 1.29 is 29.8 Å². The Bertz CT molecular complexity index is 1280. The number of nitrogens with zero attached hydrogens (tertiary/aromatic N) is 6. The minimum absolute atomic E-state index is 0. The average Bonchev–Trinajstić information content (AvgIpc) is 3.25. The molecule has 0 saturated heterocycles. The zero-order valence-corrected chi connectivity index (χ0v) is 18.6. The Morgan fingerprint density at radius 3 is 2.68 bits per heavy atom. The van der Waals surface area contributed by atoms with Crippen LogP contribution in [0.5, 0.6) is 0 Å². The molecular weight excluding hydrogens is 581 g/mol. The average molecular weight is 595 g/mol. The van der Waals surface area contributed by atoms with Crippen molar-refractivity contribution in [2.24, 2.45) is 0 Å². The van der Waals surface area contributed by atoms with Crippen LogP contribution >= 0.6 is 0 Å². The molecule has 4 rings (SSSR count). The summed E-state index contributed by atoms with van der Waals surface area (Å²) in [7, 11) is 0. The number of halogens is 2. The number of nitriles is 1. The van der Waals surface area contributed by atoms with Crippen molar-refractivity contribution in [3.63, 3.8) is 0 Å². The maximum atomic E-state index is 14.1. The molecule has 0 fully saturated rings. The van der Waals surface area contributed by atoms with Gasteiger partial charge in [0, 0.05) is 5.69 Å². The Labute approximate surface area is 191 Å². The van der Waals surface area contributed by atoms with Crippen LogP contribution in [0.1, 0.15) is 30.9 Å². The van der Waals surface area contributed by atoms with Crippen molar-refractivity contribution in [3.8, 4) is 23.0 Å². The van der Waals surface area contributed by atoms with Gasteiger partial charge in [-0.1, -0.05) is 29.3 Å². The van der Waals surface area contributed by atoms with Crippen LogP contribution in [0, 0.1) is 35.4 Å². The predicted octanol–water partition coefficient (Wildman–Crippen LogP) is 3.80.